The number of hydrogen-bond donors (Lipinski definition) is 1. The van der Waals surface area contributed by atoms with E-state index < -0.39 is 0 Å². The fraction of sp³-hybridized carbons (Fsp3) is 0.462. The Morgan fingerprint density at radius 2 is 2.22 bits per heavy atom. The first kappa shape index (κ1) is 15.3. The van der Waals surface area contributed by atoms with Crippen LogP contribution in [0.15, 0.2) is 18.2 Å². The summed E-state index contributed by atoms with van der Waals surface area (Å²) < 4.78 is 0. The van der Waals surface area contributed by atoms with Crippen molar-refractivity contribution in [2.75, 3.05) is 20.1 Å². The average Bonchev–Trinajstić information content (AvgIpc) is 2.84. The van der Waals surface area contributed by atoms with Crippen LogP contribution < -0.4 is 5.32 Å². The molecule has 1 aromatic carbocycles. The molecule has 1 heterocycles. The van der Waals surface area contributed by atoms with Gasteiger partial charge in [0.25, 0.3) is 5.91 Å². The van der Waals surface area contributed by atoms with Crippen molar-refractivity contribution in [3.05, 3.63) is 34.3 Å². The highest BCUT2D eigenvalue weighted by atomic mass is 35.5. The normalized spacial score (nSPS) is 18.3. The maximum absolute atomic E-state index is 12.3. The largest absolute Gasteiger partial charge is 0.337 e. The van der Waals surface area contributed by atoms with E-state index >= 15 is 0 Å². The van der Waals surface area contributed by atoms with E-state index in [1.807, 2.05) is 37.1 Å². The van der Waals surface area contributed by atoms with Crippen molar-refractivity contribution in [2.24, 2.45) is 0 Å². The molecule has 3 nitrogen and oxygen atoms in total. The number of nitrogens with one attached hydrogen (secondary N) is 1. The highest BCUT2D eigenvalue weighted by molar-refractivity contribution is 6.31. The van der Waals surface area contributed by atoms with Gasteiger partial charge < -0.3 is 10.2 Å². The number of carbonyl (C=O) groups excluding carboxylic acids is 1. The molecular formula is C13H18Cl2N2O. The highest BCUT2D eigenvalue weighted by Gasteiger charge is 2.25. The number of hydrogen-bond acceptors (Lipinski definition) is 2. The van der Waals surface area contributed by atoms with E-state index in [9.17, 15) is 4.79 Å². The van der Waals surface area contributed by atoms with Crippen molar-refractivity contribution in [3.8, 4) is 0 Å². The van der Waals surface area contributed by atoms with E-state index in [0.717, 1.165) is 25.1 Å². The summed E-state index contributed by atoms with van der Waals surface area (Å²) in [5, 5.41) is 3.91. The van der Waals surface area contributed by atoms with Crippen LogP contribution >= 0.6 is 24.0 Å². The summed E-state index contributed by atoms with van der Waals surface area (Å²) in [5.41, 5.74) is 1.56. The number of benzene rings is 1. The van der Waals surface area contributed by atoms with Gasteiger partial charge in [-0.15, -0.1) is 12.4 Å². The Morgan fingerprint density at radius 3 is 2.83 bits per heavy atom. The van der Waals surface area contributed by atoms with Crippen molar-refractivity contribution in [3.63, 3.8) is 0 Å². The van der Waals surface area contributed by atoms with Crippen LogP contribution in [0.1, 0.15) is 22.3 Å². The molecule has 1 unspecified atom stereocenters. The second-order valence-corrected chi connectivity index (χ2v) is 4.88. The molecule has 1 aromatic rings. The summed E-state index contributed by atoms with van der Waals surface area (Å²) in [7, 11) is 1.86. The number of rotatable bonds is 2. The van der Waals surface area contributed by atoms with E-state index in [4.69, 9.17) is 11.6 Å². The van der Waals surface area contributed by atoms with Crippen LogP contribution in [-0.4, -0.2) is 37.0 Å². The molecule has 1 N–H and O–H groups in total. The summed E-state index contributed by atoms with van der Waals surface area (Å²) in [6.07, 6.45) is 1.02. The molecule has 2 rings (SSSR count). The SMILES string of the molecule is Cc1c(Cl)cccc1C(=O)N(C)C1CCNC1.Cl. The fourth-order valence-corrected chi connectivity index (χ4v) is 2.34. The maximum Gasteiger partial charge on any atom is 0.254 e. The molecule has 1 aliphatic rings. The molecule has 0 radical (unpaired) electrons. The third-order valence-corrected chi connectivity index (χ3v) is 3.81. The Morgan fingerprint density at radius 1 is 1.50 bits per heavy atom. The van der Waals surface area contributed by atoms with Crippen LogP contribution in [0.2, 0.25) is 5.02 Å². The van der Waals surface area contributed by atoms with Gasteiger partial charge in [0.1, 0.15) is 0 Å². The molecule has 1 aliphatic heterocycles. The lowest BCUT2D eigenvalue weighted by molar-refractivity contribution is 0.0743. The number of amides is 1. The Hall–Kier alpha value is -0.770. The summed E-state index contributed by atoms with van der Waals surface area (Å²) in [6.45, 7) is 3.75. The number of likely N-dealkylation sites (N-methyl/N-ethyl adjacent to an activating group) is 1. The highest BCUT2D eigenvalue weighted by Crippen LogP contribution is 2.21. The Labute approximate surface area is 119 Å². The lowest BCUT2D eigenvalue weighted by atomic mass is 10.1. The Kier molecular flexibility index (Phi) is 5.45. The van der Waals surface area contributed by atoms with Crippen LogP contribution in [0, 0.1) is 6.92 Å². The molecule has 0 spiro atoms. The van der Waals surface area contributed by atoms with Gasteiger partial charge in [-0.1, -0.05) is 17.7 Å². The van der Waals surface area contributed by atoms with Gasteiger partial charge >= 0.3 is 0 Å². The standard InChI is InChI=1S/C13H17ClN2O.ClH/c1-9-11(4-3-5-12(9)14)13(17)16(2)10-6-7-15-8-10;/h3-5,10,15H,6-8H2,1-2H3;1H. The topological polar surface area (TPSA) is 32.3 Å². The minimum absolute atomic E-state index is 0. The van der Waals surface area contributed by atoms with E-state index in [1.165, 1.54) is 0 Å². The summed E-state index contributed by atoms with van der Waals surface area (Å²) in [4.78, 5) is 14.2. The van der Waals surface area contributed by atoms with Gasteiger partial charge in [0.2, 0.25) is 0 Å². The van der Waals surface area contributed by atoms with Gasteiger partial charge in [-0.25, -0.2) is 0 Å². The third kappa shape index (κ3) is 2.97. The van der Waals surface area contributed by atoms with Gasteiger partial charge in [0, 0.05) is 30.2 Å². The Bertz CT molecular complexity index is 431. The van der Waals surface area contributed by atoms with E-state index in [-0.39, 0.29) is 18.3 Å². The molecule has 0 bridgehead atoms. The molecule has 1 amide bonds. The van der Waals surface area contributed by atoms with Gasteiger partial charge in [-0.2, -0.15) is 0 Å². The predicted octanol–water partition coefficient (Wildman–Crippen LogP) is 2.50. The first-order valence-corrected chi connectivity index (χ1v) is 6.22. The summed E-state index contributed by atoms with van der Waals surface area (Å²) >= 11 is 6.04. The monoisotopic (exact) mass is 288 g/mol. The zero-order valence-corrected chi connectivity index (χ0v) is 12.1. The number of halogens is 2. The van der Waals surface area contributed by atoms with E-state index in [1.54, 1.807) is 0 Å². The molecule has 5 heteroatoms. The van der Waals surface area contributed by atoms with Gasteiger partial charge in [-0.3, -0.25) is 4.79 Å². The smallest absolute Gasteiger partial charge is 0.254 e. The number of nitrogens with zero attached hydrogens (tertiary/aromatic N) is 1. The molecule has 18 heavy (non-hydrogen) atoms. The Balaban J connectivity index is 0.00000162. The third-order valence-electron chi connectivity index (χ3n) is 3.40. The van der Waals surface area contributed by atoms with Gasteiger partial charge in [0.05, 0.1) is 0 Å². The zero-order valence-electron chi connectivity index (χ0n) is 10.6. The van der Waals surface area contributed by atoms with Crippen molar-refractivity contribution < 1.29 is 4.79 Å². The molecule has 0 saturated carbocycles. The molecule has 100 valence electrons. The second-order valence-electron chi connectivity index (χ2n) is 4.48. The summed E-state index contributed by atoms with van der Waals surface area (Å²) in [5.74, 6) is 0.0544. The van der Waals surface area contributed by atoms with Crippen molar-refractivity contribution in [1.82, 2.24) is 10.2 Å². The summed E-state index contributed by atoms with van der Waals surface area (Å²) in [6, 6.07) is 5.76. The molecule has 1 saturated heterocycles. The molecule has 0 aromatic heterocycles. The van der Waals surface area contributed by atoms with Gasteiger partial charge in [0.15, 0.2) is 0 Å². The predicted molar refractivity (Wildman–Crippen MR) is 76.8 cm³/mol. The van der Waals surface area contributed by atoms with Crippen LogP contribution in [0.5, 0.6) is 0 Å². The molecule has 1 atom stereocenters. The first-order valence-electron chi connectivity index (χ1n) is 5.84. The molecule has 0 aliphatic carbocycles. The molecular weight excluding hydrogens is 271 g/mol. The van der Waals surface area contributed by atoms with Crippen LogP contribution in [0.4, 0.5) is 0 Å². The van der Waals surface area contributed by atoms with E-state index in [2.05, 4.69) is 5.32 Å². The van der Waals surface area contributed by atoms with E-state index in [0.29, 0.717) is 16.6 Å². The number of carbonyl (C=O) groups is 1. The van der Waals surface area contributed by atoms with Crippen LogP contribution in [0.25, 0.3) is 0 Å². The quantitative estimate of drug-likeness (QED) is 0.907. The van der Waals surface area contributed by atoms with Crippen LogP contribution in [0.3, 0.4) is 0 Å². The minimum Gasteiger partial charge on any atom is -0.337 e. The van der Waals surface area contributed by atoms with Gasteiger partial charge in [-0.05, 0) is 37.6 Å². The van der Waals surface area contributed by atoms with Crippen molar-refractivity contribution in [1.29, 1.82) is 0 Å². The van der Waals surface area contributed by atoms with Crippen LogP contribution in [-0.2, 0) is 0 Å². The van der Waals surface area contributed by atoms with Crippen molar-refractivity contribution >= 4 is 29.9 Å². The first-order chi connectivity index (χ1) is 8.11. The second kappa shape index (κ2) is 6.41. The minimum atomic E-state index is 0. The molecule has 1 fully saturated rings. The fourth-order valence-electron chi connectivity index (χ4n) is 2.16. The lowest BCUT2D eigenvalue weighted by Crippen LogP contribution is -2.38. The van der Waals surface area contributed by atoms with Crippen molar-refractivity contribution in [2.45, 2.75) is 19.4 Å². The average molecular weight is 289 g/mol. The lowest BCUT2D eigenvalue weighted by Gasteiger charge is -2.24. The maximum atomic E-state index is 12.3. The zero-order chi connectivity index (χ0) is 12.4.